The molecular formula is C16H28O2. The zero-order valence-corrected chi connectivity index (χ0v) is 12.2. The van der Waals surface area contributed by atoms with Gasteiger partial charge in [0.05, 0.1) is 12.2 Å². The summed E-state index contributed by atoms with van der Waals surface area (Å²) in [4.78, 5) is 11.2. The normalized spacial score (nSPS) is 31.6. The molecule has 0 saturated heterocycles. The van der Waals surface area contributed by atoms with Crippen LogP contribution in [0.5, 0.6) is 0 Å². The zero-order chi connectivity index (χ0) is 13.2. The summed E-state index contributed by atoms with van der Waals surface area (Å²) in [5, 5.41) is 0. The van der Waals surface area contributed by atoms with Crippen molar-refractivity contribution in [3.63, 3.8) is 0 Å². The van der Waals surface area contributed by atoms with Gasteiger partial charge in [0.2, 0.25) is 0 Å². The minimum atomic E-state index is 0.360. The Morgan fingerprint density at radius 1 is 0.889 bits per heavy atom. The van der Waals surface area contributed by atoms with E-state index in [1.165, 1.54) is 25.7 Å². The maximum atomic E-state index is 11.2. The van der Waals surface area contributed by atoms with Gasteiger partial charge >= 0.3 is 0 Å². The smallest absolute Gasteiger partial charge is 0.133 e. The van der Waals surface area contributed by atoms with Crippen LogP contribution >= 0.6 is 0 Å². The molecule has 0 heterocycles. The quantitative estimate of drug-likeness (QED) is 0.739. The standard InChI is InChI=1S/C16H28O2/c1-16(2,3)12-4-8-14(9-5-12)18-15-10-6-13(17)7-11-15/h12,14-15H,4-11H2,1-3H3. The highest BCUT2D eigenvalue weighted by Crippen LogP contribution is 2.39. The predicted octanol–water partition coefficient (Wildman–Crippen LogP) is 4.12. The van der Waals surface area contributed by atoms with E-state index in [1.807, 2.05) is 0 Å². The van der Waals surface area contributed by atoms with Crippen LogP contribution in [0.25, 0.3) is 0 Å². The Morgan fingerprint density at radius 3 is 1.89 bits per heavy atom. The number of carbonyl (C=O) groups excluding carboxylic acids is 1. The lowest BCUT2D eigenvalue weighted by atomic mass is 9.72. The summed E-state index contributed by atoms with van der Waals surface area (Å²) < 4.78 is 6.19. The van der Waals surface area contributed by atoms with Crippen molar-refractivity contribution in [2.75, 3.05) is 0 Å². The lowest BCUT2D eigenvalue weighted by Gasteiger charge is -2.38. The van der Waals surface area contributed by atoms with Gasteiger partial charge in [-0.05, 0) is 49.9 Å². The van der Waals surface area contributed by atoms with Crippen LogP contribution in [0.15, 0.2) is 0 Å². The molecule has 0 aromatic rings. The number of ketones is 1. The third-order valence-electron chi connectivity index (χ3n) is 4.77. The van der Waals surface area contributed by atoms with E-state index in [0.29, 0.717) is 23.4 Å². The van der Waals surface area contributed by atoms with Crippen molar-refractivity contribution < 1.29 is 9.53 Å². The molecule has 2 nitrogen and oxygen atoms in total. The first-order valence-electron chi connectivity index (χ1n) is 7.62. The number of Topliss-reactive ketones (excluding diaryl/α,β-unsaturated/α-hetero) is 1. The van der Waals surface area contributed by atoms with E-state index in [1.54, 1.807) is 0 Å². The fraction of sp³-hybridized carbons (Fsp3) is 0.938. The number of carbonyl (C=O) groups is 1. The van der Waals surface area contributed by atoms with Gasteiger partial charge in [-0.2, -0.15) is 0 Å². The van der Waals surface area contributed by atoms with E-state index in [-0.39, 0.29) is 0 Å². The second-order valence-electron chi connectivity index (χ2n) is 7.21. The first kappa shape index (κ1) is 14.0. The van der Waals surface area contributed by atoms with Crippen molar-refractivity contribution in [3.8, 4) is 0 Å². The molecular weight excluding hydrogens is 224 g/mol. The predicted molar refractivity (Wildman–Crippen MR) is 73.5 cm³/mol. The average Bonchev–Trinajstić information content (AvgIpc) is 2.32. The van der Waals surface area contributed by atoms with Gasteiger partial charge in [-0.15, -0.1) is 0 Å². The SMILES string of the molecule is CC(C)(C)C1CCC(OC2CCC(=O)CC2)CC1. The van der Waals surface area contributed by atoms with Gasteiger partial charge in [0.25, 0.3) is 0 Å². The van der Waals surface area contributed by atoms with Gasteiger partial charge in [0.1, 0.15) is 5.78 Å². The average molecular weight is 252 g/mol. The molecule has 0 aliphatic heterocycles. The maximum absolute atomic E-state index is 11.2. The fourth-order valence-electron chi connectivity index (χ4n) is 3.39. The van der Waals surface area contributed by atoms with E-state index < -0.39 is 0 Å². The second kappa shape index (κ2) is 5.73. The van der Waals surface area contributed by atoms with Crippen LogP contribution in [-0.2, 0) is 9.53 Å². The Morgan fingerprint density at radius 2 is 1.39 bits per heavy atom. The summed E-state index contributed by atoms with van der Waals surface area (Å²) in [6.45, 7) is 7.06. The molecule has 0 aromatic carbocycles. The molecule has 0 bridgehead atoms. The van der Waals surface area contributed by atoms with E-state index in [4.69, 9.17) is 4.74 Å². The monoisotopic (exact) mass is 252 g/mol. The lowest BCUT2D eigenvalue weighted by molar-refractivity contribution is -0.125. The molecule has 0 spiro atoms. The lowest BCUT2D eigenvalue weighted by Crippen LogP contribution is -2.32. The molecule has 104 valence electrons. The number of rotatable bonds is 2. The Labute approximate surface area is 111 Å². The van der Waals surface area contributed by atoms with Crippen LogP contribution in [0.4, 0.5) is 0 Å². The molecule has 2 aliphatic rings. The topological polar surface area (TPSA) is 26.3 Å². The van der Waals surface area contributed by atoms with Gasteiger partial charge < -0.3 is 4.74 Å². The van der Waals surface area contributed by atoms with Crippen LogP contribution in [-0.4, -0.2) is 18.0 Å². The second-order valence-corrected chi connectivity index (χ2v) is 7.21. The summed E-state index contributed by atoms with van der Waals surface area (Å²) >= 11 is 0. The van der Waals surface area contributed by atoms with Crippen LogP contribution < -0.4 is 0 Å². The third-order valence-corrected chi connectivity index (χ3v) is 4.77. The molecule has 0 atom stereocenters. The first-order chi connectivity index (χ1) is 8.45. The van der Waals surface area contributed by atoms with Crippen LogP contribution in [0.3, 0.4) is 0 Å². The summed E-state index contributed by atoms with van der Waals surface area (Å²) in [7, 11) is 0. The minimum absolute atomic E-state index is 0.360. The summed E-state index contributed by atoms with van der Waals surface area (Å²) in [6, 6.07) is 0. The van der Waals surface area contributed by atoms with Crippen LogP contribution in [0, 0.1) is 11.3 Å². The highest BCUT2D eigenvalue weighted by Gasteiger charge is 2.31. The number of ether oxygens (including phenoxy) is 1. The minimum Gasteiger partial charge on any atom is -0.375 e. The molecule has 0 amide bonds. The maximum Gasteiger partial charge on any atom is 0.133 e. The van der Waals surface area contributed by atoms with Crippen molar-refractivity contribution in [2.24, 2.45) is 11.3 Å². The zero-order valence-electron chi connectivity index (χ0n) is 12.2. The largest absolute Gasteiger partial charge is 0.375 e. The van der Waals surface area contributed by atoms with E-state index >= 15 is 0 Å². The van der Waals surface area contributed by atoms with Crippen LogP contribution in [0.2, 0.25) is 0 Å². The van der Waals surface area contributed by atoms with Crippen molar-refractivity contribution in [2.45, 2.75) is 84.3 Å². The number of hydrogen-bond acceptors (Lipinski definition) is 2. The highest BCUT2D eigenvalue weighted by molar-refractivity contribution is 5.79. The summed E-state index contributed by atoms with van der Waals surface area (Å²) in [5.74, 6) is 1.27. The molecule has 0 aromatic heterocycles. The molecule has 2 fully saturated rings. The van der Waals surface area contributed by atoms with Crippen LogP contribution in [0.1, 0.15) is 72.1 Å². The highest BCUT2D eigenvalue weighted by atomic mass is 16.5. The molecule has 2 rings (SSSR count). The molecule has 18 heavy (non-hydrogen) atoms. The summed E-state index contributed by atoms with van der Waals surface area (Å²) in [6.07, 6.45) is 9.25. The fourth-order valence-corrected chi connectivity index (χ4v) is 3.39. The molecule has 0 N–H and O–H groups in total. The van der Waals surface area contributed by atoms with E-state index in [9.17, 15) is 4.79 Å². The van der Waals surface area contributed by atoms with Crippen molar-refractivity contribution in [1.29, 1.82) is 0 Å². The summed E-state index contributed by atoms with van der Waals surface area (Å²) in [5.41, 5.74) is 0.447. The number of hydrogen-bond donors (Lipinski definition) is 0. The van der Waals surface area contributed by atoms with Gasteiger partial charge in [0.15, 0.2) is 0 Å². The first-order valence-corrected chi connectivity index (χ1v) is 7.62. The van der Waals surface area contributed by atoms with Gasteiger partial charge in [-0.25, -0.2) is 0 Å². The van der Waals surface area contributed by atoms with Gasteiger partial charge in [-0.1, -0.05) is 20.8 Å². The Balaban J connectivity index is 1.72. The van der Waals surface area contributed by atoms with E-state index in [2.05, 4.69) is 20.8 Å². The molecule has 2 saturated carbocycles. The molecule has 2 heteroatoms. The van der Waals surface area contributed by atoms with Crippen molar-refractivity contribution in [3.05, 3.63) is 0 Å². The Hall–Kier alpha value is -0.370. The van der Waals surface area contributed by atoms with Crippen molar-refractivity contribution >= 4 is 5.78 Å². The Kier molecular flexibility index (Phi) is 4.47. The molecule has 0 radical (unpaired) electrons. The molecule has 0 unspecified atom stereocenters. The Bertz CT molecular complexity index is 272. The van der Waals surface area contributed by atoms with Gasteiger partial charge in [0, 0.05) is 12.8 Å². The van der Waals surface area contributed by atoms with Crippen molar-refractivity contribution in [1.82, 2.24) is 0 Å². The van der Waals surface area contributed by atoms with Gasteiger partial charge in [-0.3, -0.25) is 4.79 Å². The van der Waals surface area contributed by atoms with E-state index in [0.717, 1.165) is 31.6 Å². The molecule has 2 aliphatic carbocycles. The third kappa shape index (κ3) is 3.81.